The van der Waals surface area contributed by atoms with Gasteiger partial charge < -0.3 is 5.11 Å². The molecule has 1 heteroatoms. The Labute approximate surface area is 76.5 Å². The highest BCUT2D eigenvalue weighted by Gasteiger charge is 2.01. The van der Waals surface area contributed by atoms with Crippen LogP contribution < -0.4 is 0 Å². The smallest absolute Gasteiger partial charge is 0.0433 e. The molecule has 1 unspecified atom stereocenters. The van der Waals surface area contributed by atoms with Gasteiger partial charge in [0.15, 0.2) is 0 Å². The van der Waals surface area contributed by atoms with Crippen LogP contribution in [0.25, 0.3) is 0 Å². The van der Waals surface area contributed by atoms with Crippen molar-refractivity contribution in [3.63, 3.8) is 0 Å². The van der Waals surface area contributed by atoms with Gasteiger partial charge in [-0.1, -0.05) is 25.5 Å². The molecule has 0 radical (unpaired) electrons. The van der Waals surface area contributed by atoms with Gasteiger partial charge in [0.25, 0.3) is 0 Å². The molecule has 0 fully saturated rings. The summed E-state index contributed by atoms with van der Waals surface area (Å²) in [5, 5.41) is 8.70. The lowest BCUT2D eigenvalue weighted by molar-refractivity contribution is 0.258. The van der Waals surface area contributed by atoms with Gasteiger partial charge in [0.05, 0.1) is 0 Å². The van der Waals surface area contributed by atoms with Gasteiger partial charge in [-0.25, -0.2) is 0 Å². The van der Waals surface area contributed by atoms with Crippen LogP contribution in [0.15, 0.2) is 11.6 Å². The number of allylic oxidation sites excluding steroid dienone is 2. The fourth-order valence-electron chi connectivity index (χ4n) is 1.32. The molecular formula is C11H22O. The number of hydrogen-bond acceptors (Lipinski definition) is 1. The van der Waals surface area contributed by atoms with E-state index in [0.717, 1.165) is 6.42 Å². The van der Waals surface area contributed by atoms with Crippen molar-refractivity contribution in [1.82, 2.24) is 0 Å². The first-order valence-electron chi connectivity index (χ1n) is 4.99. The Kier molecular flexibility index (Phi) is 7.17. The third kappa shape index (κ3) is 5.36. The van der Waals surface area contributed by atoms with Gasteiger partial charge in [-0.3, -0.25) is 0 Å². The van der Waals surface area contributed by atoms with Crippen molar-refractivity contribution in [3.05, 3.63) is 11.6 Å². The maximum absolute atomic E-state index is 8.70. The molecule has 0 amide bonds. The Morgan fingerprint density at radius 2 is 2.08 bits per heavy atom. The summed E-state index contributed by atoms with van der Waals surface area (Å²) in [6.45, 7) is 6.85. The highest BCUT2D eigenvalue weighted by atomic mass is 16.2. The molecule has 1 N–H and O–H groups in total. The second kappa shape index (κ2) is 7.35. The highest BCUT2D eigenvalue weighted by Crippen LogP contribution is 2.16. The van der Waals surface area contributed by atoms with Gasteiger partial charge >= 0.3 is 0 Å². The van der Waals surface area contributed by atoms with Crippen LogP contribution in [-0.4, -0.2) is 11.7 Å². The molecule has 0 aromatic heterocycles. The van der Waals surface area contributed by atoms with Crippen LogP contribution in [0, 0.1) is 5.92 Å². The first-order chi connectivity index (χ1) is 5.74. The summed E-state index contributed by atoms with van der Waals surface area (Å²) >= 11 is 0. The van der Waals surface area contributed by atoms with Crippen molar-refractivity contribution in [1.29, 1.82) is 0 Å². The summed E-state index contributed by atoms with van der Waals surface area (Å²) in [5.41, 5.74) is 1.54. The molecule has 12 heavy (non-hydrogen) atoms. The zero-order chi connectivity index (χ0) is 9.40. The van der Waals surface area contributed by atoms with Gasteiger partial charge in [0.2, 0.25) is 0 Å². The van der Waals surface area contributed by atoms with Gasteiger partial charge in [-0.05, 0) is 38.5 Å². The predicted molar refractivity (Wildman–Crippen MR) is 54.1 cm³/mol. The number of rotatable bonds is 6. The van der Waals surface area contributed by atoms with Crippen molar-refractivity contribution in [2.75, 3.05) is 6.61 Å². The summed E-state index contributed by atoms with van der Waals surface area (Å²) in [5.74, 6) is 0.663. The standard InChI is InChI=1S/C11H22O/c1-4-11(5-2)7-6-10(3)8-9-12/h4,10,12H,5-9H2,1-3H3. The molecule has 0 heterocycles. The number of aliphatic hydroxyl groups excluding tert-OH is 1. The molecule has 0 rings (SSSR count). The quantitative estimate of drug-likeness (QED) is 0.607. The molecule has 0 aromatic carbocycles. The van der Waals surface area contributed by atoms with Crippen molar-refractivity contribution in [2.45, 2.75) is 46.5 Å². The Morgan fingerprint density at radius 3 is 2.50 bits per heavy atom. The van der Waals surface area contributed by atoms with Gasteiger partial charge in [-0.15, -0.1) is 0 Å². The molecule has 0 bridgehead atoms. The molecule has 1 nitrogen and oxygen atoms in total. The van der Waals surface area contributed by atoms with Crippen LogP contribution in [0.3, 0.4) is 0 Å². The lowest BCUT2D eigenvalue weighted by Gasteiger charge is -2.10. The molecule has 0 aliphatic carbocycles. The molecule has 0 aliphatic rings. The van der Waals surface area contributed by atoms with E-state index in [2.05, 4.69) is 26.8 Å². The van der Waals surface area contributed by atoms with Crippen molar-refractivity contribution >= 4 is 0 Å². The van der Waals surface area contributed by atoms with Crippen LogP contribution in [0.2, 0.25) is 0 Å². The zero-order valence-electron chi connectivity index (χ0n) is 8.64. The first kappa shape index (κ1) is 11.7. The lowest BCUT2D eigenvalue weighted by Crippen LogP contribution is -1.98. The first-order valence-corrected chi connectivity index (χ1v) is 4.99. The summed E-state index contributed by atoms with van der Waals surface area (Å²) in [6, 6.07) is 0. The third-order valence-corrected chi connectivity index (χ3v) is 2.44. The lowest BCUT2D eigenvalue weighted by atomic mass is 9.97. The van der Waals surface area contributed by atoms with E-state index in [4.69, 9.17) is 5.11 Å². The Morgan fingerprint density at radius 1 is 1.42 bits per heavy atom. The van der Waals surface area contributed by atoms with E-state index in [-0.39, 0.29) is 0 Å². The normalized spacial score (nSPS) is 14.8. The van der Waals surface area contributed by atoms with E-state index in [9.17, 15) is 0 Å². The number of hydrogen-bond donors (Lipinski definition) is 1. The molecule has 1 atom stereocenters. The number of aliphatic hydroxyl groups is 1. The fraction of sp³-hybridized carbons (Fsp3) is 0.818. The largest absolute Gasteiger partial charge is 0.396 e. The van der Waals surface area contributed by atoms with Crippen molar-refractivity contribution in [2.24, 2.45) is 5.92 Å². The van der Waals surface area contributed by atoms with E-state index in [1.165, 1.54) is 19.3 Å². The van der Waals surface area contributed by atoms with Crippen LogP contribution in [0.1, 0.15) is 46.5 Å². The molecule has 0 aromatic rings. The summed E-state index contributed by atoms with van der Waals surface area (Å²) in [7, 11) is 0. The van der Waals surface area contributed by atoms with E-state index in [1.807, 2.05) is 0 Å². The Balaban J connectivity index is 3.52. The van der Waals surface area contributed by atoms with E-state index in [0.29, 0.717) is 12.5 Å². The average molecular weight is 170 g/mol. The van der Waals surface area contributed by atoms with Gasteiger partial charge in [0, 0.05) is 6.61 Å². The SMILES string of the molecule is CC=C(CC)CCC(C)CCO. The van der Waals surface area contributed by atoms with E-state index < -0.39 is 0 Å². The molecule has 0 saturated heterocycles. The summed E-state index contributed by atoms with van der Waals surface area (Å²) in [6.07, 6.45) is 6.75. The zero-order valence-corrected chi connectivity index (χ0v) is 8.64. The minimum Gasteiger partial charge on any atom is -0.396 e. The average Bonchev–Trinajstić information content (AvgIpc) is 2.07. The molecule has 0 aliphatic heterocycles. The molecule has 72 valence electrons. The maximum atomic E-state index is 8.70. The van der Waals surface area contributed by atoms with Crippen molar-refractivity contribution < 1.29 is 5.11 Å². The second-order valence-electron chi connectivity index (χ2n) is 3.46. The predicted octanol–water partition coefficient (Wildman–Crippen LogP) is 3.14. The minimum absolute atomic E-state index is 0.332. The Hall–Kier alpha value is -0.300. The van der Waals surface area contributed by atoms with E-state index in [1.54, 1.807) is 5.57 Å². The van der Waals surface area contributed by atoms with Gasteiger partial charge in [-0.2, -0.15) is 0 Å². The van der Waals surface area contributed by atoms with Gasteiger partial charge in [0.1, 0.15) is 0 Å². The molecule has 0 spiro atoms. The van der Waals surface area contributed by atoms with Crippen LogP contribution in [0.5, 0.6) is 0 Å². The minimum atomic E-state index is 0.332. The van der Waals surface area contributed by atoms with Crippen LogP contribution >= 0.6 is 0 Å². The van der Waals surface area contributed by atoms with E-state index >= 15 is 0 Å². The summed E-state index contributed by atoms with van der Waals surface area (Å²) in [4.78, 5) is 0. The highest BCUT2D eigenvalue weighted by molar-refractivity contribution is 4.98. The van der Waals surface area contributed by atoms with Crippen LogP contribution in [-0.2, 0) is 0 Å². The second-order valence-corrected chi connectivity index (χ2v) is 3.46. The summed E-state index contributed by atoms with van der Waals surface area (Å²) < 4.78 is 0. The Bertz CT molecular complexity index is 127. The van der Waals surface area contributed by atoms with Crippen molar-refractivity contribution in [3.8, 4) is 0 Å². The molecule has 0 saturated carbocycles. The maximum Gasteiger partial charge on any atom is 0.0433 e. The third-order valence-electron chi connectivity index (χ3n) is 2.44. The van der Waals surface area contributed by atoms with Crippen LogP contribution in [0.4, 0.5) is 0 Å². The monoisotopic (exact) mass is 170 g/mol. The fourth-order valence-corrected chi connectivity index (χ4v) is 1.32. The molecular weight excluding hydrogens is 148 g/mol. The topological polar surface area (TPSA) is 20.2 Å².